The van der Waals surface area contributed by atoms with Crippen molar-refractivity contribution >= 4 is 0 Å². The van der Waals surface area contributed by atoms with Gasteiger partial charge in [-0.2, -0.15) is 0 Å². The van der Waals surface area contributed by atoms with E-state index < -0.39 is 0 Å². The molecule has 21 heavy (non-hydrogen) atoms. The van der Waals surface area contributed by atoms with Crippen LogP contribution < -0.4 is 0 Å². The van der Waals surface area contributed by atoms with Crippen molar-refractivity contribution < 1.29 is 0 Å². The third-order valence-corrected chi connectivity index (χ3v) is 4.97. The van der Waals surface area contributed by atoms with Gasteiger partial charge in [0.25, 0.3) is 0 Å². The van der Waals surface area contributed by atoms with E-state index in [4.69, 9.17) is 0 Å². The third kappa shape index (κ3) is 1.98. The first-order chi connectivity index (χ1) is 10.4. The summed E-state index contributed by atoms with van der Waals surface area (Å²) in [4.78, 5) is 0. The minimum atomic E-state index is 0.560. The quantitative estimate of drug-likeness (QED) is 0.591. The first kappa shape index (κ1) is 12.6. The highest BCUT2D eigenvalue weighted by Gasteiger charge is 2.26. The Kier molecular flexibility index (Phi) is 3.03. The highest BCUT2D eigenvalue weighted by atomic mass is 14.3. The van der Waals surface area contributed by atoms with Gasteiger partial charge in [-0.25, -0.2) is 0 Å². The highest BCUT2D eigenvalue weighted by molar-refractivity contribution is 5.78. The van der Waals surface area contributed by atoms with E-state index in [1.165, 1.54) is 23.1 Å². The molecule has 1 atom stereocenters. The number of allylic oxidation sites excluding steroid dienone is 4. The molecular weight excluding hydrogens is 252 g/mol. The predicted octanol–water partition coefficient (Wildman–Crippen LogP) is 5.49. The molecule has 0 nitrogen and oxygen atoms in total. The van der Waals surface area contributed by atoms with Crippen molar-refractivity contribution in [3.8, 4) is 11.1 Å². The van der Waals surface area contributed by atoms with Crippen molar-refractivity contribution in [2.45, 2.75) is 25.7 Å². The molecule has 2 aliphatic carbocycles. The average Bonchev–Trinajstić information content (AvgIpc) is 3.16. The Labute approximate surface area is 126 Å². The molecule has 2 aromatic carbocycles. The van der Waals surface area contributed by atoms with Crippen molar-refractivity contribution in [2.24, 2.45) is 5.92 Å². The molecule has 0 bridgehead atoms. The fraction of sp³-hybridized carbons (Fsp3) is 0.238. The summed E-state index contributed by atoms with van der Waals surface area (Å²) in [5.41, 5.74) is 7.47. The van der Waals surface area contributed by atoms with Crippen molar-refractivity contribution in [3.63, 3.8) is 0 Å². The second kappa shape index (κ2) is 5.04. The standard InChI is InChI=1S/C21H20/c1-2-17(15-8-3-4-9-15)19-12-7-13-20-18-11-6-5-10-16(18)14-21(19)20/h3-13,15,17H,2,14H2,1H3. The Morgan fingerprint density at radius 3 is 2.52 bits per heavy atom. The van der Waals surface area contributed by atoms with Gasteiger partial charge in [0, 0.05) is 5.92 Å². The maximum Gasteiger partial charge on any atom is 0.00215 e. The fourth-order valence-electron chi connectivity index (χ4n) is 3.95. The summed E-state index contributed by atoms with van der Waals surface area (Å²) in [7, 11) is 0. The Bertz CT molecular complexity index is 721. The summed E-state index contributed by atoms with van der Waals surface area (Å²) >= 11 is 0. The minimum absolute atomic E-state index is 0.560. The highest BCUT2D eigenvalue weighted by Crippen LogP contribution is 2.43. The van der Waals surface area contributed by atoms with Crippen molar-refractivity contribution in [1.82, 2.24) is 0 Å². The maximum absolute atomic E-state index is 2.35. The zero-order valence-corrected chi connectivity index (χ0v) is 12.4. The van der Waals surface area contributed by atoms with Crippen LogP contribution in [0.2, 0.25) is 0 Å². The summed E-state index contributed by atoms with van der Waals surface area (Å²) in [6.45, 7) is 2.31. The molecule has 0 spiro atoms. The fourth-order valence-corrected chi connectivity index (χ4v) is 3.95. The van der Waals surface area contributed by atoms with Gasteiger partial charge in [0.05, 0.1) is 0 Å². The maximum atomic E-state index is 2.35. The summed E-state index contributed by atoms with van der Waals surface area (Å²) in [5.74, 6) is 1.16. The van der Waals surface area contributed by atoms with Gasteiger partial charge in [-0.05, 0) is 46.6 Å². The molecule has 2 aromatic rings. The molecule has 0 saturated heterocycles. The topological polar surface area (TPSA) is 0 Å². The molecule has 0 amide bonds. The second-order valence-electron chi connectivity index (χ2n) is 6.07. The second-order valence-corrected chi connectivity index (χ2v) is 6.07. The zero-order valence-electron chi connectivity index (χ0n) is 12.4. The van der Waals surface area contributed by atoms with E-state index in [2.05, 4.69) is 73.7 Å². The lowest BCUT2D eigenvalue weighted by Gasteiger charge is -2.23. The molecule has 0 aromatic heterocycles. The van der Waals surface area contributed by atoms with Gasteiger partial charge >= 0.3 is 0 Å². The Morgan fingerprint density at radius 2 is 1.71 bits per heavy atom. The van der Waals surface area contributed by atoms with Gasteiger partial charge in [-0.15, -0.1) is 0 Å². The van der Waals surface area contributed by atoms with Crippen LogP contribution in [0.4, 0.5) is 0 Å². The van der Waals surface area contributed by atoms with Crippen LogP contribution in [0, 0.1) is 5.92 Å². The predicted molar refractivity (Wildman–Crippen MR) is 89.5 cm³/mol. The zero-order chi connectivity index (χ0) is 14.2. The van der Waals surface area contributed by atoms with E-state index in [9.17, 15) is 0 Å². The number of hydrogen-bond donors (Lipinski definition) is 0. The molecule has 0 fully saturated rings. The number of hydrogen-bond acceptors (Lipinski definition) is 0. The van der Waals surface area contributed by atoms with E-state index in [1.54, 1.807) is 11.1 Å². The molecule has 2 aliphatic rings. The van der Waals surface area contributed by atoms with Crippen LogP contribution in [0.25, 0.3) is 11.1 Å². The molecular formula is C21H20. The molecule has 4 rings (SSSR count). The van der Waals surface area contributed by atoms with Gasteiger partial charge in [0.1, 0.15) is 0 Å². The van der Waals surface area contributed by atoms with Gasteiger partial charge in [-0.1, -0.05) is 73.7 Å². The first-order valence-electron chi connectivity index (χ1n) is 7.93. The van der Waals surface area contributed by atoms with Crippen molar-refractivity contribution in [1.29, 1.82) is 0 Å². The monoisotopic (exact) mass is 272 g/mol. The smallest absolute Gasteiger partial charge is 0.00215 e. The van der Waals surface area contributed by atoms with Gasteiger partial charge in [-0.3, -0.25) is 0 Å². The van der Waals surface area contributed by atoms with Crippen LogP contribution in [0.15, 0.2) is 66.8 Å². The summed E-state index contributed by atoms with van der Waals surface area (Å²) in [6.07, 6.45) is 11.3. The van der Waals surface area contributed by atoms with Gasteiger partial charge in [0.15, 0.2) is 0 Å². The minimum Gasteiger partial charge on any atom is -0.0770 e. The van der Waals surface area contributed by atoms with Crippen LogP contribution in [0.3, 0.4) is 0 Å². The van der Waals surface area contributed by atoms with Crippen molar-refractivity contribution in [2.75, 3.05) is 0 Å². The largest absolute Gasteiger partial charge is 0.0770 e. The van der Waals surface area contributed by atoms with Crippen LogP contribution in [0.5, 0.6) is 0 Å². The number of benzene rings is 2. The summed E-state index contributed by atoms with van der Waals surface area (Å²) < 4.78 is 0. The lowest BCUT2D eigenvalue weighted by Crippen LogP contribution is -2.09. The molecule has 0 heterocycles. The Balaban J connectivity index is 1.82. The van der Waals surface area contributed by atoms with E-state index in [0.29, 0.717) is 11.8 Å². The van der Waals surface area contributed by atoms with E-state index in [0.717, 1.165) is 6.42 Å². The molecule has 1 unspecified atom stereocenters. The Morgan fingerprint density at radius 1 is 0.952 bits per heavy atom. The van der Waals surface area contributed by atoms with E-state index in [-0.39, 0.29) is 0 Å². The normalized spacial score (nSPS) is 17.0. The summed E-state index contributed by atoms with van der Waals surface area (Å²) in [6, 6.07) is 15.7. The third-order valence-electron chi connectivity index (χ3n) is 4.97. The first-order valence-corrected chi connectivity index (χ1v) is 7.93. The van der Waals surface area contributed by atoms with Gasteiger partial charge < -0.3 is 0 Å². The molecule has 0 radical (unpaired) electrons. The van der Waals surface area contributed by atoms with Crippen LogP contribution in [-0.2, 0) is 6.42 Å². The lowest BCUT2D eigenvalue weighted by atomic mass is 9.81. The Hall–Kier alpha value is -2.08. The molecule has 0 aliphatic heterocycles. The number of fused-ring (bicyclic) bond motifs is 3. The van der Waals surface area contributed by atoms with E-state index in [1.807, 2.05) is 0 Å². The molecule has 0 saturated carbocycles. The lowest BCUT2D eigenvalue weighted by molar-refractivity contribution is 0.575. The SMILES string of the molecule is CCC(c1cccc2c1Cc1ccccc1-2)C1C=CC=C1. The molecule has 104 valence electrons. The van der Waals surface area contributed by atoms with Crippen molar-refractivity contribution in [3.05, 3.63) is 83.5 Å². The van der Waals surface area contributed by atoms with E-state index >= 15 is 0 Å². The molecule has 0 heteroatoms. The van der Waals surface area contributed by atoms with Crippen LogP contribution in [-0.4, -0.2) is 0 Å². The van der Waals surface area contributed by atoms with Crippen LogP contribution >= 0.6 is 0 Å². The summed E-state index contributed by atoms with van der Waals surface area (Å²) in [5, 5.41) is 0. The average molecular weight is 272 g/mol. The molecule has 0 N–H and O–H groups in total. The number of rotatable bonds is 3. The van der Waals surface area contributed by atoms with Crippen LogP contribution in [0.1, 0.15) is 36.0 Å². The van der Waals surface area contributed by atoms with Gasteiger partial charge in [0.2, 0.25) is 0 Å².